The van der Waals surface area contributed by atoms with E-state index in [2.05, 4.69) is 5.32 Å². The Morgan fingerprint density at radius 2 is 2.41 bits per heavy atom. The number of carbonyl (C=O) groups excluding carboxylic acids is 2. The van der Waals surface area contributed by atoms with E-state index in [0.717, 1.165) is 25.8 Å². The van der Waals surface area contributed by atoms with Gasteiger partial charge in [0.15, 0.2) is 0 Å². The summed E-state index contributed by atoms with van der Waals surface area (Å²) in [6.45, 7) is 3.35. The van der Waals surface area contributed by atoms with Crippen LogP contribution in [-0.2, 0) is 9.59 Å². The molecule has 0 aliphatic carbocycles. The quantitative estimate of drug-likeness (QED) is 0.719. The molecule has 2 heterocycles. The fourth-order valence-corrected chi connectivity index (χ4v) is 2.87. The van der Waals surface area contributed by atoms with E-state index >= 15 is 0 Å². The second-order valence-electron chi connectivity index (χ2n) is 4.99. The highest BCUT2D eigenvalue weighted by Crippen LogP contribution is 2.27. The molecule has 0 aromatic rings. The lowest BCUT2D eigenvalue weighted by Gasteiger charge is -2.37. The van der Waals surface area contributed by atoms with Crippen molar-refractivity contribution in [3.63, 3.8) is 0 Å². The maximum Gasteiger partial charge on any atom is 0.239 e. The van der Waals surface area contributed by atoms with Crippen LogP contribution in [0, 0.1) is 5.92 Å². The predicted molar refractivity (Wildman–Crippen MR) is 64.1 cm³/mol. The SMILES string of the molecule is CCC[C@@H](N)C(=O)N1CCCC2C(=O)NCC21. The first-order valence-electron chi connectivity index (χ1n) is 6.49. The monoisotopic (exact) mass is 239 g/mol. The van der Waals surface area contributed by atoms with Crippen molar-refractivity contribution in [3.05, 3.63) is 0 Å². The number of amides is 2. The van der Waals surface area contributed by atoms with Crippen molar-refractivity contribution < 1.29 is 9.59 Å². The van der Waals surface area contributed by atoms with E-state index < -0.39 is 6.04 Å². The molecular weight excluding hydrogens is 218 g/mol. The highest BCUT2D eigenvalue weighted by molar-refractivity contribution is 5.86. The van der Waals surface area contributed by atoms with Gasteiger partial charge < -0.3 is 16.0 Å². The maximum absolute atomic E-state index is 12.2. The topological polar surface area (TPSA) is 75.4 Å². The van der Waals surface area contributed by atoms with Crippen LogP contribution in [0.3, 0.4) is 0 Å². The zero-order chi connectivity index (χ0) is 12.4. The Bertz CT molecular complexity index is 319. The lowest BCUT2D eigenvalue weighted by molar-refractivity contribution is -0.138. The molecule has 5 nitrogen and oxygen atoms in total. The van der Waals surface area contributed by atoms with Crippen LogP contribution in [0.1, 0.15) is 32.6 Å². The van der Waals surface area contributed by atoms with Crippen molar-refractivity contribution in [3.8, 4) is 0 Å². The van der Waals surface area contributed by atoms with Gasteiger partial charge in [0.2, 0.25) is 11.8 Å². The van der Waals surface area contributed by atoms with Gasteiger partial charge in [-0.2, -0.15) is 0 Å². The molecule has 3 N–H and O–H groups in total. The largest absolute Gasteiger partial charge is 0.354 e. The minimum Gasteiger partial charge on any atom is -0.354 e. The predicted octanol–water partition coefficient (Wildman–Crippen LogP) is -0.149. The number of piperidine rings is 1. The highest BCUT2D eigenvalue weighted by Gasteiger charge is 2.43. The summed E-state index contributed by atoms with van der Waals surface area (Å²) in [5, 5.41) is 2.84. The van der Waals surface area contributed by atoms with Crippen LogP contribution in [0.5, 0.6) is 0 Å². The normalized spacial score (nSPS) is 29.8. The van der Waals surface area contributed by atoms with Gasteiger partial charge in [-0.3, -0.25) is 9.59 Å². The molecule has 96 valence electrons. The van der Waals surface area contributed by atoms with Gasteiger partial charge in [0.25, 0.3) is 0 Å². The third-order valence-corrected chi connectivity index (χ3v) is 3.80. The van der Waals surface area contributed by atoms with Gasteiger partial charge in [-0.05, 0) is 19.3 Å². The summed E-state index contributed by atoms with van der Waals surface area (Å²) in [4.78, 5) is 25.6. The third-order valence-electron chi connectivity index (χ3n) is 3.80. The van der Waals surface area contributed by atoms with Gasteiger partial charge in [-0.25, -0.2) is 0 Å². The average Bonchev–Trinajstić information content (AvgIpc) is 2.71. The molecule has 2 unspecified atom stereocenters. The van der Waals surface area contributed by atoms with E-state index in [9.17, 15) is 9.59 Å². The second-order valence-corrected chi connectivity index (χ2v) is 4.99. The fourth-order valence-electron chi connectivity index (χ4n) is 2.87. The second kappa shape index (κ2) is 5.04. The molecular formula is C12H21N3O2. The lowest BCUT2D eigenvalue weighted by Crippen LogP contribution is -2.53. The zero-order valence-corrected chi connectivity index (χ0v) is 10.3. The summed E-state index contributed by atoms with van der Waals surface area (Å²) < 4.78 is 0. The van der Waals surface area contributed by atoms with Crippen LogP contribution in [0.2, 0.25) is 0 Å². The van der Waals surface area contributed by atoms with Crippen LogP contribution < -0.4 is 11.1 Å². The molecule has 0 bridgehead atoms. The number of nitrogens with two attached hydrogens (primary N) is 1. The first-order valence-corrected chi connectivity index (χ1v) is 6.49. The Morgan fingerprint density at radius 3 is 3.12 bits per heavy atom. The molecule has 2 rings (SSSR count). The molecule has 5 heteroatoms. The van der Waals surface area contributed by atoms with Gasteiger partial charge in [0, 0.05) is 13.1 Å². The number of nitrogens with zero attached hydrogens (tertiary/aromatic N) is 1. The molecule has 2 amide bonds. The Morgan fingerprint density at radius 1 is 1.65 bits per heavy atom. The summed E-state index contributed by atoms with van der Waals surface area (Å²) in [5.74, 6) is 0.0936. The minimum absolute atomic E-state index is 0.0121. The van der Waals surface area contributed by atoms with Gasteiger partial charge in [0.1, 0.15) is 0 Å². The molecule has 2 saturated heterocycles. The summed E-state index contributed by atoms with van der Waals surface area (Å²) in [6, 6.07) is -0.374. The van der Waals surface area contributed by atoms with E-state index in [1.807, 2.05) is 11.8 Å². The number of fused-ring (bicyclic) bond motifs is 1. The van der Waals surface area contributed by atoms with E-state index in [0.29, 0.717) is 13.0 Å². The molecule has 0 spiro atoms. The molecule has 2 aliphatic rings. The standard InChI is InChI=1S/C12H21N3O2/c1-2-4-9(13)12(17)15-6-3-5-8-10(15)7-14-11(8)16/h8-10H,2-7,13H2,1H3,(H,14,16)/t8?,9-,10?/m1/s1. The summed E-state index contributed by atoms with van der Waals surface area (Å²) >= 11 is 0. The van der Waals surface area contributed by atoms with Crippen LogP contribution in [0.25, 0.3) is 0 Å². The van der Waals surface area contributed by atoms with Crippen molar-refractivity contribution in [2.24, 2.45) is 11.7 Å². The van der Waals surface area contributed by atoms with Crippen LogP contribution >= 0.6 is 0 Å². The van der Waals surface area contributed by atoms with Gasteiger partial charge >= 0.3 is 0 Å². The summed E-state index contributed by atoms with van der Waals surface area (Å²) in [7, 11) is 0. The molecule has 0 aromatic heterocycles. The van der Waals surface area contributed by atoms with Crippen molar-refractivity contribution in [1.29, 1.82) is 0 Å². The Hall–Kier alpha value is -1.10. The van der Waals surface area contributed by atoms with E-state index in [1.165, 1.54) is 0 Å². The molecule has 2 aliphatic heterocycles. The number of likely N-dealkylation sites (tertiary alicyclic amines) is 1. The molecule has 17 heavy (non-hydrogen) atoms. The zero-order valence-electron chi connectivity index (χ0n) is 10.3. The highest BCUT2D eigenvalue weighted by atomic mass is 16.2. The summed E-state index contributed by atoms with van der Waals surface area (Å²) in [5.41, 5.74) is 5.88. The smallest absolute Gasteiger partial charge is 0.239 e. The van der Waals surface area contributed by atoms with E-state index in [-0.39, 0.29) is 23.8 Å². The summed E-state index contributed by atoms with van der Waals surface area (Å²) in [6.07, 6.45) is 3.42. The van der Waals surface area contributed by atoms with Crippen molar-refractivity contribution >= 4 is 11.8 Å². The molecule has 0 saturated carbocycles. The lowest BCUT2D eigenvalue weighted by atomic mass is 9.91. The number of rotatable bonds is 3. The maximum atomic E-state index is 12.2. The minimum atomic E-state index is -0.408. The Labute approximate surface area is 102 Å². The first kappa shape index (κ1) is 12.4. The van der Waals surface area contributed by atoms with Gasteiger partial charge in [-0.1, -0.05) is 13.3 Å². The Balaban J connectivity index is 2.05. The van der Waals surface area contributed by atoms with Crippen LogP contribution in [-0.4, -0.2) is 41.9 Å². The average molecular weight is 239 g/mol. The molecule has 0 aromatic carbocycles. The van der Waals surface area contributed by atoms with Crippen LogP contribution in [0.4, 0.5) is 0 Å². The van der Waals surface area contributed by atoms with Crippen molar-refractivity contribution in [2.75, 3.05) is 13.1 Å². The van der Waals surface area contributed by atoms with Crippen LogP contribution in [0.15, 0.2) is 0 Å². The third kappa shape index (κ3) is 2.29. The number of hydrogen-bond acceptors (Lipinski definition) is 3. The van der Waals surface area contributed by atoms with Crippen molar-refractivity contribution in [2.45, 2.75) is 44.7 Å². The van der Waals surface area contributed by atoms with Gasteiger partial charge in [-0.15, -0.1) is 0 Å². The number of hydrogen-bond donors (Lipinski definition) is 2. The number of carbonyl (C=O) groups is 2. The number of nitrogens with one attached hydrogen (secondary N) is 1. The van der Waals surface area contributed by atoms with E-state index in [1.54, 1.807) is 0 Å². The van der Waals surface area contributed by atoms with Gasteiger partial charge in [0.05, 0.1) is 18.0 Å². The van der Waals surface area contributed by atoms with E-state index in [4.69, 9.17) is 5.73 Å². The molecule has 0 radical (unpaired) electrons. The molecule has 2 fully saturated rings. The first-order chi connectivity index (χ1) is 8.15. The molecule has 3 atom stereocenters. The van der Waals surface area contributed by atoms with Crippen molar-refractivity contribution in [1.82, 2.24) is 10.2 Å². The fraction of sp³-hybridized carbons (Fsp3) is 0.833. The Kier molecular flexibility index (Phi) is 3.66.